The van der Waals surface area contributed by atoms with Crippen LogP contribution in [0.4, 0.5) is 0 Å². The summed E-state index contributed by atoms with van der Waals surface area (Å²) in [6.07, 6.45) is 2.62. The number of rotatable bonds is 6. The predicted octanol–water partition coefficient (Wildman–Crippen LogP) is 2.13. The molecule has 0 saturated carbocycles. The topological polar surface area (TPSA) is 38.3 Å². The average Bonchev–Trinajstić information content (AvgIpc) is 2.22. The van der Waals surface area contributed by atoms with Gasteiger partial charge >= 0.3 is 5.97 Å². The SMILES string of the molecule is CCC(=CCNC(C)C(C)C)C(=O)OC. The van der Waals surface area contributed by atoms with Gasteiger partial charge in [0, 0.05) is 18.2 Å². The maximum atomic E-state index is 11.2. The first-order valence-corrected chi connectivity index (χ1v) is 5.53. The Morgan fingerprint density at radius 2 is 2.00 bits per heavy atom. The molecular weight excluding hydrogens is 190 g/mol. The third-order valence-corrected chi connectivity index (χ3v) is 2.62. The van der Waals surface area contributed by atoms with Crippen molar-refractivity contribution >= 4 is 5.97 Å². The number of hydrogen-bond donors (Lipinski definition) is 1. The van der Waals surface area contributed by atoms with Crippen LogP contribution in [-0.4, -0.2) is 25.7 Å². The van der Waals surface area contributed by atoms with Crippen LogP contribution in [-0.2, 0) is 9.53 Å². The molecule has 0 aromatic heterocycles. The van der Waals surface area contributed by atoms with E-state index in [1.54, 1.807) is 0 Å². The Morgan fingerprint density at radius 3 is 2.40 bits per heavy atom. The van der Waals surface area contributed by atoms with Gasteiger partial charge in [-0.2, -0.15) is 0 Å². The second-order valence-corrected chi connectivity index (χ2v) is 4.02. The number of carbonyl (C=O) groups excluding carboxylic acids is 1. The number of carbonyl (C=O) groups is 1. The summed E-state index contributed by atoms with van der Waals surface area (Å²) in [7, 11) is 1.41. The molecule has 0 fully saturated rings. The first kappa shape index (κ1) is 14.2. The van der Waals surface area contributed by atoms with Gasteiger partial charge in [0.15, 0.2) is 0 Å². The molecule has 1 N–H and O–H groups in total. The van der Waals surface area contributed by atoms with Crippen LogP contribution in [0.3, 0.4) is 0 Å². The molecule has 0 aromatic carbocycles. The second-order valence-electron chi connectivity index (χ2n) is 4.02. The quantitative estimate of drug-likeness (QED) is 0.542. The van der Waals surface area contributed by atoms with Crippen molar-refractivity contribution in [3.8, 4) is 0 Å². The third-order valence-electron chi connectivity index (χ3n) is 2.62. The molecule has 0 heterocycles. The summed E-state index contributed by atoms with van der Waals surface area (Å²) in [5.41, 5.74) is 0.737. The van der Waals surface area contributed by atoms with Gasteiger partial charge in [0.1, 0.15) is 0 Å². The van der Waals surface area contributed by atoms with Crippen LogP contribution in [0.15, 0.2) is 11.6 Å². The lowest BCUT2D eigenvalue weighted by Crippen LogP contribution is -2.31. The summed E-state index contributed by atoms with van der Waals surface area (Å²) < 4.78 is 4.67. The van der Waals surface area contributed by atoms with Crippen molar-refractivity contribution in [2.75, 3.05) is 13.7 Å². The fraction of sp³-hybridized carbons (Fsp3) is 0.750. The molecule has 0 rings (SSSR count). The molecule has 0 amide bonds. The van der Waals surface area contributed by atoms with E-state index in [4.69, 9.17) is 0 Å². The molecular formula is C12H23NO2. The molecule has 0 saturated heterocycles. The van der Waals surface area contributed by atoms with Gasteiger partial charge in [-0.3, -0.25) is 0 Å². The number of ether oxygens (including phenoxy) is 1. The Bertz CT molecular complexity index is 222. The van der Waals surface area contributed by atoms with E-state index < -0.39 is 0 Å². The molecule has 3 nitrogen and oxygen atoms in total. The van der Waals surface area contributed by atoms with E-state index in [-0.39, 0.29) is 5.97 Å². The van der Waals surface area contributed by atoms with Crippen LogP contribution >= 0.6 is 0 Å². The van der Waals surface area contributed by atoms with Gasteiger partial charge in [0.25, 0.3) is 0 Å². The van der Waals surface area contributed by atoms with Crippen molar-refractivity contribution in [2.45, 2.75) is 40.2 Å². The van der Waals surface area contributed by atoms with Gasteiger partial charge in [-0.15, -0.1) is 0 Å². The van der Waals surface area contributed by atoms with Crippen molar-refractivity contribution in [2.24, 2.45) is 5.92 Å². The lowest BCUT2D eigenvalue weighted by molar-refractivity contribution is -0.136. The average molecular weight is 213 g/mol. The lowest BCUT2D eigenvalue weighted by atomic mass is 10.1. The van der Waals surface area contributed by atoms with Crippen LogP contribution in [0.5, 0.6) is 0 Å². The standard InChI is InChI=1S/C12H23NO2/c1-6-11(12(14)15-5)7-8-13-10(4)9(2)3/h7,9-10,13H,6,8H2,1-5H3. The Labute approximate surface area is 92.9 Å². The first-order valence-electron chi connectivity index (χ1n) is 5.53. The van der Waals surface area contributed by atoms with Crippen LogP contribution in [0, 0.1) is 5.92 Å². The van der Waals surface area contributed by atoms with E-state index in [0.717, 1.165) is 12.1 Å². The summed E-state index contributed by atoms with van der Waals surface area (Å²) in [4.78, 5) is 11.2. The minimum atomic E-state index is -0.225. The van der Waals surface area contributed by atoms with Crippen molar-refractivity contribution < 1.29 is 9.53 Å². The largest absolute Gasteiger partial charge is 0.466 e. The number of methoxy groups -OCH3 is 1. The molecule has 0 spiro atoms. The Hall–Kier alpha value is -0.830. The van der Waals surface area contributed by atoms with E-state index >= 15 is 0 Å². The van der Waals surface area contributed by atoms with Crippen molar-refractivity contribution in [3.05, 3.63) is 11.6 Å². The van der Waals surface area contributed by atoms with E-state index in [1.807, 2.05) is 13.0 Å². The zero-order valence-corrected chi connectivity index (χ0v) is 10.5. The summed E-state index contributed by atoms with van der Waals surface area (Å²) in [6.45, 7) is 9.15. The molecule has 3 heteroatoms. The van der Waals surface area contributed by atoms with Crippen LogP contribution in [0.25, 0.3) is 0 Å². The highest BCUT2D eigenvalue weighted by atomic mass is 16.5. The summed E-state index contributed by atoms with van der Waals surface area (Å²) in [6, 6.07) is 0.456. The van der Waals surface area contributed by atoms with Gasteiger partial charge in [-0.05, 0) is 19.3 Å². The minimum absolute atomic E-state index is 0.225. The van der Waals surface area contributed by atoms with Crippen molar-refractivity contribution in [1.29, 1.82) is 0 Å². The molecule has 0 aromatic rings. The molecule has 0 aliphatic rings. The zero-order valence-electron chi connectivity index (χ0n) is 10.5. The van der Waals surface area contributed by atoms with Gasteiger partial charge in [-0.25, -0.2) is 4.79 Å². The van der Waals surface area contributed by atoms with E-state index in [9.17, 15) is 4.79 Å². The summed E-state index contributed by atoms with van der Waals surface area (Å²) in [5.74, 6) is 0.373. The second kappa shape index (κ2) is 7.46. The predicted molar refractivity (Wildman–Crippen MR) is 62.7 cm³/mol. The Morgan fingerprint density at radius 1 is 1.40 bits per heavy atom. The normalized spacial score (nSPS) is 14.1. The highest BCUT2D eigenvalue weighted by Crippen LogP contribution is 2.03. The van der Waals surface area contributed by atoms with Crippen molar-refractivity contribution in [3.63, 3.8) is 0 Å². The van der Waals surface area contributed by atoms with Gasteiger partial charge in [0.05, 0.1) is 7.11 Å². The van der Waals surface area contributed by atoms with Gasteiger partial charge in [0.2, 0.25) is 0 Å². The lowest BCUT2D eigenvalue weighted by Gasteiger charge is -2.16. The third kappa shape index (κ3) is 5.57. The summed E-state index contributed by atoms with van der Waals surface area (Å²) in [5, 5.41) is 3.34. The van der Waals surface area contributed by atoms with Gasteiger partial charge < -0.3 is 10.1 Å². The minimum Gasteiger partial charge on any atom is -0.466 e. The Balaban J connectivity index is 4.07. The van der Waals surface area contributed by atoms with Crippen LogP contribution in [0.1, 0.15) is 34.1 Å². The number of hydrogen-bond acceptors (Lipinski definition) is 3. The molecule has 0 aliphatic heterocycles. The molecule has 88 valence electrons. The highest BCUT2D eigenvalue weighted by Gasteiger charge is 2.07. The molecule has 1 atom stereocenters. The highest BCUT2D eigenvalue weighted by molar-refractivity contribution is 5.88. The molecule has 15 heavy (non-hydrogen) atoms. The zero-order chi connectivity index (χ0) is 11.8. The Kier molecular flexibility index (Phi) is 7.05. The molecule has 0 radical (unpaired) electrons. The fourth-order valence-corrected chi connectivity index (χ4v) is 1.11. The van der Waals surface area contributed by atoms with Crippen molar-refractivity contribution in [1.82, 2.24) is 5.32 Å². The van der Waals surface area contributed by atoms with E-state index in [0.29, 0.717) is 18.4 Å². The van der Waals surface area contributed by atoms with Crippen LogP contribution < -0.4 is 5.32 Å². The molecule has 1 unspecified atom stereocenters. The summed E-state index contributed by atoms with van der Waals surface area (Å²) >= 11 is 0. The maximum absolute atomic E-state index is 11.2. The van der Waals surface area contributed by atoms with E-state index in [1.165, 1.54) is 7.11 Å². The number of nitrogens with one attached hydrogen (secondary N) is 1. The first-order chi connectivity index (χ1) is 7.02. The molecule has 0 aliphatic carbocycles. The monoisotopic (exact) mass is 213 g/mol. The van der Waals surface area contributed by atoms with E-state index in [2.05, 4.69) is 30.8 Å². The van der Waals surface area contributed by atoms with Gasteiger partial charge in [-0.1, -0.05) is 26.8 Å². The molecule has 0 bridgehead atoms. The fourth-order valence-electron chi connectivity index (χ4n) is 1.11. The number of esters is 1. The maximum Gasteiger partial charge on any atom is 0.333 e. The smallest absolute Gasteiger partial charge is 0.333 e. The van der Waals surface area contributed by atoms with Crippen LogP contribution in [0.2, 0.25) is 0 Å².